The van der Waals surface area contributed by atoms with Gasteiger partial charge in [0.05, 0.1) is 17.3 Å². The minimum absolute atomic E-state index is 0.109. The number of pyridine rings is 1. The van der Waals surface area contributed by atoms with E-state index in [0.29, 0.717) is 12.4 Å². The van der Waals surface area contributed by atoms with Crippen LogP contribution in [0, 0.1) is 0 Å². The lowest BCUT2D eigenvalue weighted by Gasteiger charge is -2.12. The molecule has 0 bridgehead atoms. The molecule has 0 saturated heterocycles. The molecule has 0 aliphatic rings. The zero-order valence-corrected chi connectivity index (χ0v) is 11.6. The maximum absolute atomic E-state index is 13.1. The predicted molar refractivity (Wildman–Crippen MR) is 77.3 cm³/mol. The first-order valence-electron chi connectivity index (χ1n) is 6.79. The number of benzene rings is 1. The Kier molecular flexibility index (Phi) is 3.62. The molecule has 0 radical (unpaired) electrons. The second-order valence-electron chi connectivity index (χ2n) is 5.00. The van der Waals surface area contributed by atoms with Crippen molar-refractivity contribution in [2.45, 2.75) is 19.1 Å². The molecule has 3 aromatic rings. The van der Waals surface area contributed by atoms with Crippen LogP contribution in [0.1, 0.15) is 22.5 Å². The fourth-order valence-corrected chi connectivity index (χ4v) is 2.56. The summed E-state index contributed by atoms with van der Waals surface area (Å²) in [6.07, 6.45) is -0.829. The SMILES string of the molecule is NCc1cccn2c(Cc3ccccc3C(F)(F)F)ncc12. The first-order valence-corrected chi connectivity index (χ1v) is 6.79. The highest BCUT2D eigenvalue weighted by molar-refractivity contribution is 5.54. The molecule has 0 aliphatic heterocycles. The zero-order chi connectivity index (χ0) is 15.7. The van der Waals surface area contributed by atoms with E-state index < -0.39 is 11.7 Å². The van der Waals surface area contributed by atoms with Crippen LogP contribution in [0.25, 0.3) is 5.52 Å². The van der Waals surface area contributed by atoms with Gasteiger partial charge in [-0.05, 0) is 23.3 Å². The Morgan fingerprint density at radius 3 is 2.50 bits per heavy atom. The number of aromatic nitrogens is 2. The molecule has 2 heterocycles. The summed E-state index contributed by atoms with van der Waals surface area (Å²) in [5.41, 5.74) is 6.99. The van der Waals surface area contributed by atoms with Crippen LogP contribution in [0.2, 0.25) is 0 Å². The lowest BCUT2D eigenvalue weighted by atomic mass is 10.0. The standard InChI is InChI=1S/C16H14F3N3/c17-16(18,19)13-6-2-1-4-11(13)8-15-21-10-14-12(9-20)5-3-7-22(14)15/h1-7,10H,8-9,20H2. The van der Waals surface area contributed by atoms with Crippen LogP contribution in [-0.4, -0.2) is 9.38 Å². The number of nitrogens with two attached hydrogens (primary N) is 1. The molecular formula is C16H14F3N3. The van der Waals surface area contributed by atoms with Crippen molar-refractivity contribution < 1.29 is 13.2 Å². The monoisotopic (exact) mass is 305 g/mol. The number of fused-ring (bicyclic) bond motifs is 1. The van der Waals surface area contributed by atoms with Gasteiger partial charge >= 0.3 is 6.18 Å². The van der Waals surface area contributed by atoms with E-state index in [0.717, 1.165) is 17.1 Å². The summed E-state index contributed by atoms with van der Waals surface area (Å²) in [6, 6.07) is 9.27. The van der Waals surface area contributed by atoms with E-state index in [9.17, 15) is 13.2 Å². The molecular weight excluding hydrogens is 291 g/mol. The van der Waals surface area contributed by atoms with Crippen molar-refractivity contribution in [3.05, 3.63) is 71.3 Å². The summed E-state index contributed by atoms with van der Waals surface area (Å²) in [5, 5.41) is 0. The molecule has 0 atom stereocenters. The Morgan fingerprint density at radius 2 is 1.77 bits per heavy atom. The van der Waals surface area contributed by atoms with E-state index >= 15 is 0 Å². The molecule has 6 heteroatoms. The topological polar surface area (TPSA) is 43.3 Å². The third kappa shape index (κ3) is 2.57. The quantitative estimate of drug-likeness (QED) is 0.806. The van der Waals surface area contributed by atoms with Crippen LogP contribution in [0.15, 0.2) is 48.8 Å². The number of rotatable bonds is 3. The minimum atomic E-state index is -4.37. The second-order valence-corrected chi connectivity index (χ2v) is 5.00. The van der Waals surface area contributed by atoms with Crippen molar-refractivity contribution >= 4 is 5.52 Å². The van der Waals surface area contributed by atoms with E-state index in [-0.39, 0.29) is 12.0 Å². The normalized spacial score (nSPS) is 12.0. The fraction of sp³-hybridized carbons (Fsp3) is 0.188. The first kappa shape index (κ1) is 14.6. The summed E-state index contributed by atoms with van der Waals surface area (Å²) in [5.74, 6) is 0.557. The molecule has 0 unspecified atom stereocenters. The highest BCUT2D eigenvalue weighted by atomic mass is 19.4. The average Bonchev–Trinajstić information content (AvgIpc) is 2.90. The van der Waals surface area contributed by atoms with Gasteiger partial charge in [-0.15, -0.1) is 0 Å². The van der Waals surface area contributed by atoms with Crippen LogP contribution >= 0.6 is 0 Å². The van der Waals surface area contributed by atoms with E-state index in [1.807, 2.05) is 12.1 Å². The van der Waals surface area contributed by atoms with Gasteiger partial charge in [0.25, 0.3) is 0 Å². The van der Waals surface area contributed by atoms with Crippen LogP contribution in [-0.2, 0) is 19.1 Å². The van der Waals surface area contributed by atoms with Gasteiger partial charge < -0.3 is 10.1 Å². The largest absolute Gasteiger partial charge is 0.416 e. The maximum atomic E-state index is 13.1. The van der Waals surface area contributed by atoms with Crippen LogP contribution < -0.4 is 5.73 Å². The van der Waals surface area contributed by atoms with Crippen LogP contribution in [0.3, 0.4) is 0 Å². The molecule has 114 valence electrons. The molecule has 3 rings (SSSR count). The molecule has 0 aliphatic carbocycles. The van der Waals surface area contributed by atoms with E-state index in [1.165, 1.54) is 12.1 Å². The lowest BCUT2D eigenvalue weighted by Crippen LogP contribution is -2.10. The zero-order valence-electron chi connectivity index (χ0n) is 11.6. The van der Waals surface area contributed by atoms with Crippen molar-refractivity contribution in [1.82, 2.24) is 9.38 Å². The smallest absolute Gasteiger partial charge is 0.326 e. The highest BCUT2D eigenvalue weighted by Gasteiger charge is 2.33. The van der Waals surface area contributed by atoms with Gasteiger partial charge in [0.1, 0.15) is 5.82 Å². The molecule has 2 N–H and O–H groups in total. The number of hydrogen-bond acceptors (Lipinski definition) is 2. The number of imidazole rings is 1. The summed E-state index contributed by atoms with van der Waals surface area (Å²) >= 11 is 0. The summed E-state index contributed by atoms with van der Waals surface area (Å²) < 4.78 is 41.0. The number of hydrogen-bond donors (Lipinski definition) is 1. The lowest BCUT2D eigenvalue weighted by molar-refractivity contribution is -0.138. The van der Waals surface area contributed by atoms with Gasteiger partial charge in [-0.25, -0.2) is 4.98 Å². The number of alkyl halides is 3. The molecule has 0 spiro atoms. The van der Waals surface area contributed by atoms with Crippen molar-refractivity contribution in [2.24, 2.45) is 5.73 Å². The predicted octanol–water partition coefficient (Wildman–Crippen LogP) is 3.40. The Morgan fingerprint density at radius 1 is 1.05 bits per heavy atom. The van der Waals surface area contributed by atoms with Gasteiger partial charge in [-0.3, -0.25) is 0 Å². The minimum Gasteiger partial charge on any atom is -0.326 e. The van der Waals surface area contributed by atoms with Crippen molar-refractivity contribution in [3.63, 3.8) is 0 Å². The van der Waals surface area contributed by atoms with Gasteiger partial charge in [0.2, 0.25) is 0 Å². The van der Waals surface area contributed by atoms with Crippen molar-refractivity contribution in [3.8, 4) is 0 Å². The Bertz CT molecular complexity index is 806. The average molecular weight is 305 g/mol. The van der Waals surface area contributed by atoms with Gasteiger partial charge in [0, 0.05) is 19.2 Å². The summed E-state index contributed by atoms with van der Waals surface area (Å²) in [7, 11) is 0. The molecule has 1 aromatic carbocycles. The van der Waals surface area contributed by atoms with Crippen molar-refractivity contribution in [2.75, 3.05) is 0 Å². The Hall–Kier alpha value is -2.34. The Balaban J connectivity index is 2.05. The van der Waals surface area contributed by atoms with Gasteiger partial charge in [-0.1, -0.05) is 24.3 Å². The second kappa shape index (κ2) is 5.46. The third-order valence-corrected chi connectivity index (χ3v) is 3.63. The summed E-state index contributed by atoms with van der Waals surface area (Å²) in [4.78, 5) is 4.26. The Labute approximate surface area is 125 Å². The fourth-order valence-electron chi connectivity index (χ4n) is 2.56. The van der Waals surface area contributed by atoms with Crippen LogP contribution in [0.4, 0.5) is 13.2 Å². The highest BCUT2D eigenvalue weighted by Crippen LogP contribution is 2.32. The molecule has 3 nitrogen and oxygen atoms in total. The van der Waals surface area contributed by atoms with Gasteiger partial charge in [0.15, 0.2) is 0 Å². The first-order chi connectivity index (χ1) is 10.5. The van der Waals surface area contributed by atoms with Gasteiger partial charge in [-0.2, -0.15) is 13.2 Å². The molecule has 2 aromatic heterocycles. The number of nitrogens with zero attached hydrogens (tertiary/aromatic N) is 2. The molecule has 0 amide bonds. The van der Waals surface area contributed by atoms with E-state index in [2.05, 4.69) is 4.98 Å². The maximum Gasteiger partial charge on any atom is 0.416 e. The van der Waals surface area contributed by atoms with Crippen LogP contribution in [0.5, 0.6) is 0 Å². The third-order valence-electron chi connectivity index (χ3n) is 3.63. The van der Waals surface area contributed by atoms with E-state index in [1.54, 1.807) is 22.9 Å². The van der Waals surface area contributed by atoms with Crippen molar-refractivity contribution in [1.29, 1.82) is 0 Å². The number of halogens is 3. The summed E-state index contributed by atoms with van der Waals surface area (Å²) in [6.45, 7) is 0.356. The molecule has 22 heavy (non-hydrogen) atoms. The molecule has 0 saturated carbocycles. The molecule has 0 fully saturated rings. The van der Waals surface area contributed by atoms with E-state index in [4.69, 9.17) is 5.73 Å².